The van der Waals surface area contributed by atoms with Crippen LogP contribution < -0.4 is 9.47 Å². The first-order valence-electron chi connectivity index (χ1n) is 8.00. The molecule has 6 nitrogen and oxygen atoms in total. The average Bonchev–Trinajstić information content (AvgIpc) is 3.14. The first-order valence-corrected chi connectivity index (χ1v) is 8.00. The summed E-state index contributed by atoms with van der Waals surface area (Å²) in [6, 6.07) is 13.2. The average molecular weight is 335 g/mol. The predicted octanol–water partition coefficient (Wildman–Crippen LogP) is 2.93. The third-order valence-corrected chi connectivity index (χ3v) is 3.87. The molecule has 2 aromatic heterocycles. The van der Waals surface area contributed by atoms with Gasteiger partial charge in [0.05, 0.1) is 11.0 Å². The van der Waals surface area contributed by atoms with Gasteiger partial charge in [0, 0.05) is 35.6 Å². The molecular formula is C19H17N3O3. The molecule has 0 bridgehead atoms. The monoisotopic (exact) mass is 335 g/mol. The van der Waals surface area contributed by atoms with Gasteiger partial charge in [-0.2, -0.15) is 0 Å². The highest BCUT2D eigenvalue weighted by Crippen LogP contribution is 2.24. The first kappa shape index (κ1) is 15.4. The van der Waals surface area contributed by atoms with E-state index in [9.17, 15) is 5.11 Å². The molecule has 25 heavy (non-hydrogen) atoms. The zero-order chi connectivity index (χ0) is 17.1. The van der Waals surface area contributed by atoms with Gasteiger partial charge in [-0.1, -0.05) is 6.07 Å². The molecule has 4 aromatic rings. The van der Waals surface area contributed by atoms with Crippen molar-refractivity contribution in [3.05, 3.63) is 61.1 Å². The van der Waals surface area contributed by atoms with Crippen LogP contribution in [0.4, 0.5) is 0 Å². The number of benzene rings is 2. The molecule has 0 saturated heterocycles. The van der Waals surface area contributed by atoms with Gasteiger partial charge < -0.3 is 19.6 Å². The number of aromatic nitrogens is 3. The highest BCUT2D eigenvalue weighted by Gasteiger charge is 2.09. The van der Waals surface area contributed by atoms with Crippen LogP contribution in [0.15, 0.2) is 61.1 Å². The Balaban J connectivity index is 1.35. The Kier molecular flexibility index (Phi) is 4.18. The fourth-order valence-electron chi connectivity index (χ4n) is 2.64. The number of nitrogens with one attached hydrogen (secondary N) is 1. The first-order chi connectivity index (χ1) is 12.3. The van der Waals surface area contributed by atoms with Crippen molar-refractivity contribution in [2.24, 2.45) is 0 Å². The zero-order valence-corrected chi connectivity index (χ0v) is 13.4. The largest absolute Gasteiger partial charge is 0.491 e. The molecule has 1 atom stereocenters. The van der Waals surface area contributed by atoms with Crippen LogP contribution in [0.3, 0.4) is 0 Å². The molecule has 0 amide bonds. The van der Waals surface area contributed by atoms with Gasteiger partial charge in [0.15, 0.2) is 0 Å². The molecule has 0 aliphatic carbocycles. The summed E-state index contributed by atoms with van der Waals surface area (Å²) in [6.07, 6.45) is 4.40. The molecule has 0 saturated carbocycles. The standard InChI is InChI=1S/C19H17N3O3/c23-13(12-25-19-3-1-2-16-15(19)6-7-20-16)11-24-14-4-5-17-18(10-14)22-9-8-21-17/h1-10,13,20,23H,11-12H2. The SMILES string of the molecule is OC(COc1ccc2nccnc2c1)COc1cccc2[nH]ccc12. The molecule has 0 aliphatic rings. The summed E-state index contributed by atoms with van der Waals surface area (Å²) < 4.78 is 11.4. The lowest BCUT2D eigenvalue weighted by molar-refractivity contribution is 0.0632. The van der Waals surface area contributed by atoms with Gasteiger partial charge in [0.1, 0.15) is 30.8 Å². The van der Waals surface area contributed by atoms with Gasteiger partial charge in [-0.15, -0.1) is 0 Å². The summed E-state index contributed by atoms with van der Waals surface area (Å²) in [4.78, 5) is 11.6. The highest BCUT2D eigenvalue weighted by molar-refractivity contribution is 5.85. The van der Waals surface area contributed by atoms with Gasteiger partial charge in [0.25, 0.3) is 0 Å². The maximum Gasteiger partial charge on any atom is 0.128 e. The number of aliphatic hydroxyl groups is 1. The van der Waals surface area contributed by atoms with E-state index in [1.54, 1.807) is 18.5 Å². The topological polar surface area (TPSA) is 80.3 Å². The van der Waals surface area contributed by atoms with Gasteiger partial charge in [-0.25, -0.2) is 0 Å². The van der Waals surface area contributed by atoms with Crippen LogP contribution >= 0.6 is 0 Å². The smallest absolute Gasteiger partial charge is 0.128 e. The van der Waals surface area contributed by atoms with Crippen molar-refractivity contribution in [3.8, 4) is 11.5 Å². The Labute approximate surface area is 144 Å². The third-order valence-electron chi connectivity index (χ3n) is 3.87. The fourth-order valence-corrected chi connectivity index (χ4v) is 2.64. The van der Waals surface area contributed by atoms with Crippen LogP contribution in [0.5, 0.6) is 11.5 Å². The Morgan fingerprint density at radius 2 is 1.80 bits per heavy atom. The summed E-state index contributed by atoms with van der Waals surface area (Å²) in [5.74, 6) is 1.37. The lowest BCUT2D eigenvalue weighted by Crippen LogP contribution is -2.25. The van der Waals surface area contributed by atoms with Gasteiger partial charge in [-0.3, -0.25) is 9.97 Å². The Bertz CT molecular complexity index is 999. The highest BCUT2D eigenvalue weighted by atomic mass is 16.5. The molecule has 0 fully saturated rings. The summed E-state index contributed by atoms with van der Waals surface area (Å²) >= 11 is 0. The number of nitrogens with zero attached hydrogens (tertiary/aromatic N) is 2. The van der Waals surface area contributed by atoms with Gasteiger partial charge >= 0.3 is 0 Å². The van der Waals surface area contributed by atoms with Crippen molar-refractivity contribution < 1.29 is 14.6 Å². The van der Waals surface area contributed by atoms with Crippen LogP contribution in [0.2, 0.25) is 0 Å². The third kappa shape index (κ3) is 3.39. The summed E-state index contributed by atoms with van der Waals surface area (Å²) in [6.45, 7) is 0.284. The quantitative estimate of drug-likeness (QED) is 0.566. The van der Waals surface area contributed by atoms with E-state index in [0.29, 0.717) is 5.75 Å². The number of hydrogen-bond donors (Lipinski definition) is 2. The number of rotatable bonds is 6. The van der Waals surface area contributed by atoms with E-state index in [-0.39, 0.29) is 13.2 Å². The summed E-state index contributed by atoms with van der Waals surface area (Å²) in [5, 5.41) is 11.1. The summed E-state index contributed by atoms with van der Waals surface area (Å²) in [7, 11) is 0. The van der Waals surface area contributed by atoms with E-state index >= 15 is 0 Å². The van der Waals surface area contributed by atoms with Crippen molar-refractivity contribution in [2.45, 2.75) is 6.10 Å². The normalized spacial score (nSPS) is 12.4. The maximum atomic E-state index is 10.1. The number of aromatic amines is 1. The number of aliphatic hydroxyl groups excluding tert-OH is 1. The number of H-pyrrole nitrogens is 1. The lowest BCUT2D eigenvalue weighted by Gasteiger charge is -2.14. The second-order valence-electron chi connectivity index (χ2n) is 5.68. The fraction of sp³-hybridized carbons (Fsp3) is 0.158. The molecule has 2 heterocycles. The van der Waals surface area contributed by atoms with E-state index < -0.39 is 6.10 Å². The van der Waals surface area contributed by atoms with Crippen LogP contribution in [-0.2, 0) is 0 Å². The molecule has 0 radical (unpaired) electrons. The van der Waals surface area contributed by atoms with Gasteiger partial charge in [-0.05, 0) is 30.3 Å². The van der Waals surface area contributed by atoms with Crippen molar-refractivity contribution >= 4 is 21.9 Å². The number of hydrogen-bond acceptors (Lipinski definition) is 5. The molecular weight excluding hydrogens is 318 g/mol. The van der Waals surface area contributed by atoms with Crippen LogP contribution in [0, 0.1) is 0 Å². The minimum Gasteiger partial charge on any atom is -0.491 e. The second-order valence-corrected chi connectivity index (χ2v) is 5.68. The van der Waals surface area contributed by atoms with Crippen LogP contribution in [0.25, 0.3) is 21.9 Å². The number of ether oxygens (including phenoxy) is 2. The van der Waals surface area contributed by atoms with Crippen molar-refractivity contribution in [3.63, 3.8) is 0 Å². The number of fused-ring (bicyclic) bond motifs is 2. The van der Waals surface area contributed by atoms with E-state index in [0.717, 1.165) is 27.7 Å². The molecule has 6 heteroatoms. The molecule has 2 aromatic carbocycles. The van der Waals surface area contributed by atoms with E-state index in [2.05, 4.69) is 15.0 Å². The van der Waals surface area contributed by atoms with E-state index in [1.807, 2.05) is 42.6 Å². The minimum atomic E-state index is -0.744. The second kappa shape index (κ2) is 6.78. The molecule has 126 valence electrons. The minimum absolute atomic E-state index is 0.134. The molecule has 1 unspecified atom stereocenters. The Hall–Kier alpha value is -3.12. The van der Waals surface area contributed by atoms with E-state index in [1.165, 1.54) is 0 Å². The lowest BCUT2D eigenvalue weighted by atomic mass is 10.2. The molecule has 0 spiro atoms. The predicted molar refractivity (Wildman–Crippen MR) is 94.8 cm³/mol. The van der Waals surface area contributed by atoms with E-state index in [4.69, 9.17) is 9.47 Å². The van der Waals surface area contributed by atoms with Crippen LogP contribution in [-0.4, -0.2) is 39.4 Å². The Morgan fingerprint density at radius 3 is 2.72 bits per heavy atom. The van der Waals surface area contributed by atoms with Crippen molar-refractivity contribution in [2.75, 3.05) is 13.2 Å². The summed E-state index contributed by atoms with van der Waals surface area (Å²) in [5.41, 5.74) is 2.56. The van der Waals surface area contributed by atoms with Gasteiger partial charge in [0.2, 0.25) is 0 Å². The van der Waals surface area contributed by atoms with Crippen molar-refractivity contribution in [1.29, 1.82) is 0 Å². The molecule has 4 rings (SSSR count). The van der Waals surface area contributed by atoms with Crippen LogP contribution in [0.1, 0.15) is 0 Å². The molecule has 0 aliphatic heterocycles. The van der Waals surface area contributed by atoms with Crippen molar-refractivity contribution in [1.82, 2.24) is 15.0 Å². The maximum absolute atomic E-state index is 10.1. The zero-order valence-electron chi connectivity index (χ0n) is 13.4. The Morgan fingerprint density at radius 1 is 0.960 bits per heavy atom. The molecule has 2 N–H and O–H groups in total.